The third-order valence-electron chi connectivity index (χ3n) is 4.33. The Bertz CT molecular complexity index is 903. The summed E-state index contributed by atoms with van der Waals surface area (Å²) in [6, 6.07) is 14.1. The highest BCUT2D eigenvalue weighted by Gasteiger charge is 2.08. The van der Waals surface area contributed by atoms with Gasteiger partial charge in [0.05, 0.1) is 6.61 Å². The van der Waals surface area contributed by atoms with Gasteiger partial charge in [-0.2, -0.15) is 0 Å². The number of pyridine rings is 1. The number of guanidine groups is 1. The van der Waals surface area contributed by atoms with E-state index in [1.165, 1.54) is 5.56 Å². The summed E-state index contributed by atoms with van der Waals surface area (Å²) in [6.07, 6.45) is 2.72. The standard InChI is InChI=1S/C21H28N6O/c1-4-22-21(26(3)16-17-9-11-18(12-10-17)28-5-2)23-14-13-20-25-24-19-8-6-7-15-27(19)20/h6-12,15H,4-5,13-14,16H2,1-3H3,(H,22,23). The van der Waals surface area contributed by atoms with Gasteiger partial charge < -0.3 is 15.0 Å². The zero-order chi connectivity index (χ0) is 19.8. The minimum absolute atomic E-state index is 0.644. The molecule has 0 bridgehead atoms. The van der Waals surface area contributed by atoms with Crippen LogP contribution < -0.4 is 10.1 Å². The topological polar surface area (TPSA) is 67.0 Å². The fourth-order valence-electron chi connectivity index (χ4n) is 3.00. The smallest absolute Gasteiger partial charge is 0.193 e. The fraction of sp³-hybridized carbons (Fsp3) is 0.381. The van der Waals surface area contributed by atoms with Crippen molar-refractivity contribution in [2.45, 2.75) is 26.8 Å². The third kappa shape index (κ3) is 5.00. The highest BCUT2D eigenvalue weighted by atomic mass is 16.5. The van der Waals surface area contributed by atoms with Crippen LogP contribution in [0.25, 0.3) is 5.65 Å². The van der Waals surface area contributed by atoms with E-state index in [0.29, 0.717) is 13.2 Å². The quantitative estimate of drug-likeness (QED) is 0.481. The van der Waals surface area contributed by atoms with E-state index in [1.54, 1.807) is 0 Å². The first kappa shape index (κ1) is 19.7. The molecule has 0 aliphatic carbocycles. The summed E-state index contributed by atoms with van der Waals surface area (Å²) in [5, 5.41) is 11.8. The first-order valence-electron chi connectivity index (χ1n) is 9.71. The van der Waals surface area contributed by atoms with E-state index >= 15 is 0 Å². The molecule has 148 valence electrons. The molecule has 28 heavy (non-hydrogen) atoms. The maximum atomic E-state index is 5.51. The van der Waals surface area contributed by atoms with E-state index in [-0.39, 0.29) is 0 Å². The van der Waals surface area contributed by atoms with Crippen molar-refractivity contribution in [1.82, 2.24) is 24.8 Å². The zero-order valence-electron chi connectivity index (χ0n) is 16.8. The molecule has 0 radical (unpaired) electrons. The largest absolute Gasteiger partial charge is 0.494 e. The van der Waals surface area contributed by atoms with Gasteiger partial charge >= 0.3 is 0 Å². The molecule has 1 aromatic carbocycles. The molecular formula is C21H28N6O. The predicted octanol–water partition coefficient (Wildman–Crippen LogP) is 2.77. The van der Waals surface area contributed by atoms with Gasteiger partial charge in [0.15, 0.2) is 11.6 Å². The number of rotatable bonds is 8. The number of nitrogens with zero attached hydrogens (tertiary/aromatic N) is 5. The van der Waals surface area contributed by atoms with Crippen molar-refractivity contribution in [2.24, 2.45) is 4.99 Å². The van der Waals surface area contributed by atoms with Crippen molar-refractivity contribution in [2.75, 3.05) is 26.7 Å². The number of benzene rings is 1. The molecule has 3 rings (SSSR count). The average molecular weight is 380 g/mol. The molecule has 3 aromatic rings. The predicted molar refractivity (Wildman–Crippen MR) is 112 cm³/mol. The molecule has 0 spiro atoms. The summed E-state index contributed by atoms with van der Waals surface area (Å²) < 4.78 is 7.51. The summed E-state index contributed by atoms with van der Waals surface area (Å²) in [5.41, 5.74) is 2.07. The molecule has 0 saturated carbocycles. The van der Waals surface area contributed by atoms with Gasteiger partial charge in [0.1, 0.15) is 11.6 Å². The second-order valence-corrected chi connectivity index (χ2v) is 6.46. The van der Waals surface area contributed by atoms with Crippen molar-refractivity contribution in [1.29, 1.82) is 0 Å². The zero-order valence-corrected chi connectivity index (χ0v) is 16.8. The van der Waals surface area contributed by atoms with Crippen LogP contribution in [0.5, 0.6) is 5.75 Å². The van der Waals surface area contributed by atoms with E-state index in [4.69, 9.17) is 9.73 Å². The molecule has 1 N–H and O–H groups in total. The summed E-state index contributed by atoms with van der Waals surface area (Å²) in [6.45, 7) is 6.98. The maximum absolute atomic E-state index is 5.51. The number of hydrogen-bond donors (Lipinski definition) is 1. The van der Waals surface area contributed by atoms with E-state index in [2.05, 4.69) is 39.5 Å². The Hall–Kier alpha value is -3.09. The number of nitrogens with one attached hydrogen (secondary N) is 1. The van der Waals surface area contributed by atoms with E-state index in [1.807, 2.05) is 54.9 Å². The Balaban J connectivity index is 1.62. The lowest BCUT2D eigenvalue weighted by Crippen LogP contribution is -2.38. The minimum Gasteiger partial charge on any atom is -0.494 e. The monoisotopic (exact) mass is 380 g/mol. The molecule has 2 heterocycles. The molecule has 0 saturated heterocycles. The Morgan fingerprint density at radius 2 is 1.96 bits per heavy atom. The number of fused-ring (bicyclic) bond motifs is 1. The molecule has 0 amide bonds. The molecule has 0 fully saturated rings. The van der Waals surface area contributed by atoms with Crippen molar-refractivity contribution in [3.05, 3.63) is 60.0 Å². The highest BCUT2D eigenvalue weighted by Crippen LogP contribution is 2.13. The van der Waals surface area contributed by atoms with Crippen LogP contribution in [0.4, 0.5) is 0 Å². The Morgan fingerprint density at radius 3 is 2.71 bits per heavy atom. The summed E-state index contributed by atoms with van der Waals surface area (Å²) >= 11 is 0. The van der Waals surface area contributed by atoms with Crippen LogP contribution in [0.1, 0.15) is 25.2 Å². The number of ether oxygens (including phenoxy) is 1. The summed E-state index contributed by atoms with van der Waals surface area (Å²) in [4.78, 5) is 6.89. The van der Waals surface area contributed by atoms with Gasteiger partial charge in [-0.1, -0.05) is 18.2 Å². The first-order valence-corrected chi connectivity index (χ1v) is 9.71. The van der Waals surface area contributed by atoms with E-state index < -0.39 is 0 Å². The summed E-state index contributed by atoms with van der Waals surface area (Å²) in [5.74, 6) is 2.70. The Kier molecular flexibility index (Phi) is 6.84. The van der Waals surface area contributed by atoms with Gasteiger partial charge in [-0.3, -0.25) is 9.39 Å². The lowest BCUT2D eigenvalue weighted by atomic mass is 10.2. The molecule has 0 aliphatic rings. The van der Waals surface area contributed by atoms with Crippen LogP contribution in [0.2, 0.25) is 0 Å². The molecule has 7 heteroatoms. The van der Waals surface area contributed by atoms with Crippen LogP contribution in [0.3, 0.4) is 0 Å². The molecule has 2 aromatic heterocycles. The van der Waals surface area contributed by atoms with E-state index in [0.717, 1.165) is 42.7 Å². The van der Waals surface area contributed by atoms with Crippen LogP contribution in [-0.4, -0.2) is 52.2 Å². The van der Waals surface area contributed by atoms with Gasteiger partial charge in [-0.25, -0.2) is 0 Å². The van der Waals surface area contributed by atoms with Crippen LogP contribution >= 0.6 is 0 Å². The Labute approximate surface area is 166 Å². The fourth-order valence-corrected chi connectivity index (χ4v) is 3.00. The molecule has 7 nitrogen and oxygen atoms in total. The van der Waals surface area contributed by atoms with Crippen LogP contribution in [-0.2, 0) is 13.0 Å². The normalized spacial score (nSPS) is 11.6. The third-order valence-corrected chi connectivity index (χ3v) is 4.33. The molecular weight excluding hydrogens is 352 g/mol. The van der Waals surface area contributed by atoms with Gasteiger partial charge in [-0.05, 0) is 43.7 Å². The van der Waals surface area contributed by atoms with Crippen molar-refractivity contribution < 1.29 is 4.74 Å². The number of aliphatic imine (C=N–C) groups is 1. The number of hydrogen-bond acceptors (Lipinski definition) is 4. The van der Waals surface area contributed by atoms with Gasteiger partial charge in [-0.15, -0.1) is 10.2 Å². The second-order valence-electron chi connectivity index (χ2n) is 6.46. The van der Waals surface area contributed by atoms with Crippen LogP contribution in [0, 0.1) is 0 Å². The van der Waals surface area contributed by atoms with Gasteiger partial charge in [0, 0.05) is 39.3 Å². The van der Waals surface area contributed by atoms with E-state index in [9.17, 15) is 0 Å². The molecule has 0 atom stereocenters. The maximum Gasteiger partial charge on any atom is 0.193 e. The van der Waals surface area contributed by atoms with Crippen molar-refractivity contribution >= 4 is 11.6 Å². The minimum atomic E-state index is 0.644. The lowest BCUT2D eigenvalue weighted by molar-refractivity contribution is 0.340. The first-order chi connectivity index (χ1) is 13.7. The van der Waals surface area contributed by atoms with Crippen LogP contribution in [0.15, 0.2) is 53.7 Å². The van der Waals surface area contributed by atoms with Gasteiger partial charge in [0.25, 0.3) is 0 Å². The SMILES string of the molecule is CCNC(=NCCc1nnc2ccccn12)N(C)Cc1ccc(OCC)cc1. The summed E-state index contributed by atoms with van der Waals surface area (Å²) in [7, 11) is 2.05. The molecule has 0 aliphatic heterocycles. The van der Waals surface area contributed by atoms with Crippen molar-refractivity contribution in [3.8, 4) is 5.75 Å². The number of aromatic nitrogens is 3. The van der Waals surface area contributed by atoms with Gasteiger partial charge in [0.2, 0.25) is 0 Å². The average Bonchev–Trinajstić information content (AvgIpc) is 3.12. The Morgan fingerprint density at radius 1 is 1.14 bits per heavy atom. The highest BCUT2D eigenvalue weighted by molar-refractivity contribution is 5.79. The van der Waals surface area contributed by atoms with Crippen molar-refractivity contribution in [3.63, 3.8) is 0 Å². The second kappa shape index (κ2) is 9.73. The lowest BCUT2D eigenvalue weighted by Gasteiger charge is -2.22. The molecule has 0 unspecified atom stereocenters.